The first-order chi connectivity index (χ1) is 16.2. The topological polar surface area (TPSA) is 123 Å². The summed E-state index contributed by atoms with van der Waals surface area (Å²) in [5.41, 5.74) is 1.45. The molecule has 4 rings (SSSR count). The van der Waals surface area contributed by atoms with Crippen molar-refractivity contribution in [2.24, 2.45) is 0 Å². The summed E-state index contributed by atoms with van der Waals surface area (Å²) >= 11 is 0.664. The second-order valence-corrected chi connectivity index (χ2v) is 8.28. The van der Waals surface area contributed by atoms with Gasteiger partial charge in [0.2, 0.25) is 5.91 Å². The second kappa shape index (κ2) is 9.32. The lowest BCUT2D eigenvalue weighted by Gasteiger charge is -2.12. The normalized spacial score (nSPS) is 14.6. The first-order valence-electron chi connectivity index (χ1n) is 9.87. The second-order valence-electron chi connectivity index (χ2n) is 7.28. The molecule has 0 bridgehead atoms. The summed E-state index contributed by atoms with van der Waals surface area (Å²) in [6.07, 6.45) is 1.39. The van der Waals surface area contributed by atoms with Crippen LogP contribution >= 0.6 is 11.8 Å². The maximum atomic E-state index is 13.3. The minimum atomic E-state index is -0.658. The summed E-state index contributed by atoms with van der Waals surface area (Å²) in [6.45, 7) is 1.19. The molecule has 1 aliphatic heterocycles. The van der Waals surface area contributed by atoms with E-state index in [-0.39, 0.29) is 16.3 Å². The highest BCUT2D eigenvalue weighted by Gasteiger charge is 2.36. The number of nitrogens with zero attached hydrogens (tertiary/aromatic N) is 2. The minimum Gasteiger partial charge on any atom is -0.457 e. The molecule has 34 heavy (non-hydrogen) atoms. The number of hydrogen-bond donors (Lipinski definition) is 1. The highest BCUT2D eigenvalue weighted by atomic mass is 32.2. The number of carbonyl (C=O) groups excluding carboxylic acids is 3. The van der Waals surface area contributed by atoms with Crippen molar-refractivity contribution in [3.8, 4) is 11.3 Å². The van der Waals surface area contributed by atoms with E-state index >= 15 is 0 Å². The first-order valence-corrected chi connectivity index (χ1v) is 10.7. The van der Waals surface area contributed by atoms with Gasteiger partial charge >= 0.3 is 0 Å². The number of halogens is 1. The summed E-state index contributed by atoms with van der Waals surface area (Å²) < 4.78 is 19.0. The van der Waals surface area contributed by atoms with Crippen molar-refractivity contribution in [1.82, 2.24) is 4.90 Å². The van der Waals surface area contributed by atoms with Gasteiger partial charge in [0.1, 0.15) is 23.9 Å². The van der Waals surface area contributed by atoms with Gasteiger partial charge in [0.25, 0.3) is 16.8 Å². The van der Waals surface area contributed by atoms with Gasteiger partial charge in [-0.05, 0) is 60.6 Å². The zero-order chi connectivity index (χ0) is 24.4. The van der Waals surface area contributed by atoms with Gasteiger partial charge in [-0.3, -0.25) is 29.4 Å². The number of carbonyl (C=O) groups is 3. The monoisotopic (exact) mass is 481 g/mol. The van der Waals surface area contributed by atoms with Crippen LogP contribution in [0, 0.1) is 22.9 Å². The zero-order valence-corrected chi connectivity index (χ0v) is 18.4. The molecule has 11 heteroatoms. The van der Waals surface area contributed by atoms with Crippen molar-refractivity contribution >= 4 is 46.3 Å². The molecule has 172 valence electrons. The van der Waals surface area contributed by atoms with Crippen molar-refractivity contribution in [2.75, 3.05) is 11.9 Å². The molecule has 0 aliphatic carbocycles. The first kappa shape index (κ1) is 22.9. The van der Waals surface area contributed by atoms with Crippen molar-refractivity contribution < 1.29 is 28.1 Å². The van der Waals surface area contributed by atoms with Gasteiger partial charge in [-0.2, -0.15) is 0 Å². The van der Waals surface area contributed by atoms with Crippen LogP contribution in [-0.2, 0) is 9.59 Å². The molecule has 2 aromatic carbocycles. The standard InChI is InChI=1S/C23H16FN3O6S/c1-13-9-16(27(31)32)5-7-18(13)19-8-6-17(33-19)11-20-22(29)26(23(30)34-20)12-21(28)25-15-4-2-3-14(24)10-15/h2-11H,12H2,1H3,(H,25,28)/b20-11-. The lowest BCUT2D eigenvalue weighted by atomic mass is 10.1. The predicted octanol–water partition coefficient (Wildman–Crippen LogP) is 4.98. The summed E-state index contributed by atoms with van der Waals surface area (Å²) in [7, 11) is 0. The summed E-state index contributed by atoms with van der Waals surface area (Å²) in [5.74, 6) is -1.11. The van der Waals surface area contributed by atoms with Gasteiger partial charge in [-0.1, -0.05) is 6.07 Å². The van der Waals surface area contributed by atoms with Crippen LogP contribution in [0.25, 0.3) is 17.4 Å². The lowest BCUT2D eigenvalue weighted by molar-refractivity contribution is -0.384. The van der Waals surface area contributed by atoms with Crippen LogP contribution in [0.3, 0.4) is 0 Å². The van der Waals surface area contributed by atoms with Crippen molar-refractivity contribution in [3.05, 3.63) is 86.8 Å². The maximum Gasteiger partial charge on any atom is 0.294 e. The Morgan fingerprint density at radius 2 is 2.00 bits per heavy atom. The third-order valence-electron chi connectivity index (χ3n) is 4.87. The summed E-state index contributed by atoms with van der Waals surface area (Å²) in [5, 5.41) is 12.7. The van der Waals surface area contributed by atoms with Crippen LogP contribution < -0.4 is 5.32 Å². The van der Waals surface area contributed by atoms with E-state index in [9.17, 15) is 28.9 Å². The van der Waals surface area contributed by atoms with E-state index in [0.29, 0.717) is 34.4 Å². The van der Waals surface area contributed by atoms with Gasteiger partial charge in [0.15, 0.2) is 0 Å². The largest absolute Gasteiger partial charge is 0.457 e. The Hall–Kier alpha value is -4.25. The fourth-order valence-electron chi connectivity index (χ4n) is 3.29. The smallest absolute Gasteiger partial charge is 0.294 e. The number of benzene rings is 2. The van der Waals surface area contributed by atoms with E-state index in [2.05, 4.69) is 5.32 Å². The Kier molecular flexibility index (Phi) is 6.28. The molecule has 1 aliphatic rings. The maximum absolute atomic E-state index is 13.3. The molecule has 0 unspecified atom stereocenters. The number of anilines is 1. The van der Waals surface area contributed by atoms with E-state index in [4.69, 9.17) is 4.42 Å². The number of aryl methyl sites for hydroxylation is 1. The zero-order valence-electron chi connectivity index (χ0n) is 17.6. The molecule has 3 aromatic rings. The Morgan fingerprint density at radius 3 is 2.71 bits per heavy atom. The number of nitro benzene ring substituents is 1. The molecular formula is C23H16FN3O6S. The SMILES string of the molecule is Cc1cc([N+](=O)[O-])ccc1-c1ccc(/C=C2\SC(=O)N(CC(=O)Nc3cccc(F)c3)C2=O)o1. The van der Waals surface area contributed by atoms with Gasteiger partial charge in [-0.25, -0.2) is 4.39 Å². The summed E-state index contributed by atoms with van der Waals surface area (Å²) in [6, 6.07) is 12.9. The summed E-state index contributed by atoms with van der Waals surface area (Å²) in [4.78, 5) is 48.5. The number of nitrogens with one attached hydrogen (secondary N) is 1. The van der Waals surface area contributed by atoms with Gasteiger partial charge in [-0.15, -0.1) is 0 Å². The fraction of sp³-hybridized carbons (Fsp3) is 0.0870. The Balaban J connectivity index is 1.47. The van der Waals surface area contributed by atoms with Crippen LogP contribution in [0.4, 0.5) is 20.6 Å². The number of nitro groups is 1. The van der Waals surface area contributed by atoms with Crippen molar-refractivity contribution in [2.45, 2.75) is 6.92 Å². The third-order valence-corrected chi connectivity index (χ3v) is 5.78. The minimum absolute atomic E-state index is 0.0388. The molecule has 0 atom stereocenters. The van der Waals surface area contributed by atoms with Gasteiger partial charge in [0, 0.05) is 29.5 Å². The number of hydrogen-bond acceptors (Lipinski definition) is 7. The molecule has 2 heterocycles. The Bertz CT molecular complexity index is 1370. The highest BCUT2D eigenvalue weighted by Crippen LogP contribution is 2.34. The highest BCUT2D eigenvalue weighted by molar-refractivity contribution is 8.18. The lowest BCUT2D eigenvalue weighted by Crippen LogP contribution is -2.36. The van der Waals surface area contributed by atoms with Crippen LogP contribution in [-0.4, -0.2) is 33.4 Å². The van der Waals surface area contributed by atoms with E-state index in [1.807, 2.05) is 0 Å². The van der Waals surface area contributed by atoms with Gasteiger partial charge in [0.05, 0.1) is 9.83 Å². The van der Waals surface area contributed by atoms with Crippen molar-refractivity contribution in [3.63, 3.8) is 0 Å². The average Bonchev–Trinajstić information content (AvgIpc) is 3.34. The van der Waals surface area contributed by atoms with E-state index in [1.54, 1.807) is 25.1 Å². The third kappa shape index (κ3) is 4.89. The van der Waals surface area contributed by atoms with Gasteiger partial charge < -0.3 is 9.73 Å². The Morgan fingerprint density at radius 1 is 1.21 bits per heavy atom. The van der Waals surface area contributed by atoms with Crippen molar-refractivity contribution in [1.29, 1.82) is 0 Å². The average molecular weight is 481 g/mol. The predicted molar refractivity (Wildman–Crippen MR) is 123 cm³/mol. The molecule has 0 radical (unpaired) electrons. The number of imide groups is 1. The molecule has 1 aromatic heterocycles. The number of rotatable bonds is 6. The number of non-ortho nitro benzene ring substituents is 1. The number of furan rings is 1. The number of amides is 3. The van der Waals surface area contributed by atoms with Crippen LogP contribution in [0.15, 0.2) is 63.9 Å². The molecule has 1 saturated heterocycles. The van der Waals surface area contributed by atoms with Crippen LogP contribution in [0.2, 0.25) is 0 Å². The van der Waals surface area contributed by atoms with E-state index in [1.165, 1.54) is 36.4 Å². The molecule has 0 saturated carbocycles. The molecule has 1 fully saturated rings. The van der Waals surface area contributed by atoms with E-state index < -0.39 is 34.3 Å². The van der Waals surface area contributed by atoms with Crippen LogP contribution in [0.1, 0.15) is 11.3 Å². The van der Waals surface area contributed by atoms with Crippen LogP contribution in [0.5, 0.6) is 0 Å². The number of thioether (sulfide) groups is 1. The van der Waals surface area contributed by atoms with E-state index in [0.717, 1.165) is 11.0 Å². The fourth-order valence-corrected chi connectivity index (χ4v) is 4.11. The molecular weight excluding hydrogens is 465 g/mol. The molecule has 9 nitrogen and oxygen atoms in total. The quantitative estimate of drug-likeness (QED) is 0.299. The molecule has 3 amide bonds. The molecule has 0 spiro atoms. The molecule has 1 N–H and O–H groups in total. The Labute approximate surface area is 196 Å².